The number of imidazole rings is 1. The molecule has 0 bridgehead atoms. The largest absolute Gasteiger partial charge is 0.319 e. The van der Waals surface area contributed by atoms with Crippen molar-refractivity contribution in [3.8, 4) is 0 Å². The minimum absolute atomic E-state index is 0. The Morgan fingerprint density at radius 3 is 2.68 bits per heavy atom. The topological polar surface area (TPSA) is 76.5 Å². The average molecular weight is 406 g/mol. The lowest BCUT2D eigenvalue weighted by molar-refractivity contribution is 0.515. The van der Waals surface area contributed by atoms with Gasteiger partial charge in [0.1, 0.15) is 5.82 Å². The number of benzene rings is 1. The third-order valence-corrected chi connectivity index (χ3v) is 4.38. The highest BCUT2D eigenvalue weighted by molar-refractivity contribution is 5.85. The number of hydrogen-bond acceptors (Lipinski definition) is 4. The van der Waals surface area contributed by atoms with Crippen LogP contribution in [0.2, 0.25) is 0 Å². The van der Waals surface area contributed by atoms with E-state index in [0.717, 1.165) is 11.9 Å². The predicted octanol–water partition coefficient (Wildman–Crippen LogP) is 3.61. The second kappa shape index (κ2) is 7.63. The lowest BCUT2D eigenvalue weighted by Crippen LogP contribution is -2.13. The van der Waals surface area contributed by atoms with Crippen molar-refractivity contribution in [3.05, 3.63) is 64.0 Å². The van der Waals surface area contributed by atoms with Crippen LogP contribution in [0.15, 0.2) is 35.4 Å². The number of hydrogen-bond donors (Lipinski definition) is 1. The minimum atomic E-state index is -1.07. The molecule has 0 spiro atoms. The van der Waals surface area contributed by atoms with Crippen LogP contribution in [-0.4, -0.2) is 24.5 Å². The van der Waals surface area contributed by atoms with Gasteiger partial charge in [-0.3, -0.25) is 4.79 Å². The van der Waals surface area contributed by atoms with Crippen LogP contribution in [0.3, 0.4) is 0 Å². The number of aromatic amines is 1. The fourth-order valence-corrected chi connectivity index (χ4v) is 3.22. The van der Waals surface area contributed by atoms with Gasteiger partial charge in [0.2, 0.25) is 5.56 Å². The summed E-state index contributed by atoms with van der Waals surface area (Å²) in [4.78, 5) is 27.6. The van der Waals surface area contributed by atoms with Crippen LogP contribution in [0, 0.1) is 17.6 Å². The Morgan fingerprint density at radius 1 is 1.18 bits per heavy atom. The molecule has 9 heteroatoms. The van der Waals surface area contributed by atoms with Crippen molar-refractivity contribution in [1.82, 2.24) is 24.5 Å². The fraction of sp³-hybridized carbons (Fsp3) is 0.263. The molecular formula is C19H18ClF2N5O. The highest BCUT2D eigenvalue weighted by atomic mass is 35.5. The first-order chi connectivity index (χ1) is 12.9. The van der Waals surface area contributed by atoms with Crippen molar-refractivity contribution in [3.63, 3.8) is 0 Å². The maximum Gasteiger partial charge on any atom is 0.248 e. The number of aromatic nitrogens is 5. The first-order valence-electron chi connectivity index (χ1n) is 8.60. The molecule has 0 amide bonds. The summed E-state index contributed by atoms with van der Waals surface area (Å²) in [6, 6.07) is 3.91. The zero-order valence-electron chi connectivity index (χ0n) is 15.2. The van der Waals surface area contributed by atoms with Gasteiger partial charge in [0, 0.05) is 30.3 Å². The van der Waals surface area contributed by atoms with E-state index in [-0.39, 0.29) is 24.5 Å². The van der Waals surface area contributed by atoms with Gasteiger partial charge in [-0.15, -0.1) is 12.4 Å². The molecule has 4 aromatic rings. The van der Waals surface area contributed by atoms with Gasteiger partial charge in [0.15, 0.2) is 22.9 Å². The van der Waals surface area contributed by atoms with Crippen molar-refractivity contribution in [1.29, 1.82) is 0 Å². The summed E-state index contributed by atoms with van der Waals surface area (Å²) in [6.07, 6.45) is 3.84. The first kappa shape index (κ1) is 19.9. The molecule has 28 heavy (non-hydrogen) atoms. The highest BCUT2D eigenvalue weighted by Crippen LogP contribution is 2.23. The summed E-state index contributed by atoms with van der Waals surface area (Å²) in [6.45, 7) is 4.40. The average Bonchev–Trinajstić information content (AvgIpc) is 2.95. The zero-order chi connectivity index (χ0) is 19.1. The minimum Gasteiger partial charge on any atom is -0.319 e. The summed E-state index contributed by atoms with van der Waals surface area (Å²) in [5.74, 6) is -0.941. The van der Waals surface area contributed by atoms with Gasteiger partial charge >= 0.3 is 0 Å². The van der Waals surface area contributed by atoms with Gasteiger partial charge in [0.05, 0.1) is 12.1 Å². The van der Waals surface area contributed by atoms with Gasteiger partial charge < -0.3 is 9.55 Å². The first-order valence-corrected chi connectivity index (χ1v) is 8.60. The van der Waals surface area contributed by atoms with Crippen LogP contribution in [0.4, 0.5) is 8.78 Å². The molecule has 1 N–H and O–H groups in total. The normalized spacial score (nSPS) is 11.3. The quantitative estimate of drug-likeness (QED) is 0.562. The maximum absolute atomic E-state index is 14.2. The molecule has 0 aliphatic heterocycles. The monoisotopic (exact) mass is 405 g/mol. The molecule has 3 aromatic heterocycles. The highest BCUT2D eigenvalue weighted by Gasteiger charge is 2.17. The molecule has 6 nitrogen and oxygen atoms in total. The Bertz CT molecular complexity index is 1220. The van der Waals surface area contributed by atoms with Crippen LogP contribution in [0.1, 0.15) is 25.2 Å². The summed E-state index contributed by atoms with van der Waals surface area (Å²) >= 11 is 0. The summed E-state index contributed by atoms with van der Waals surface area (Å²) < 4.78 is 29.6. The number of H-pyrrole nitrogens is 1. The second-order valence-electron chi connectivity index (χ2n) is 6.86. The van der Waals surface area contributed by atoms with Crippen LogP contribution in [0.5, 0.6) is 0 Å². The Balaban J connectivity index is 0.00000225. The van der Waals surface area contributed by atoms with Crippen LogP contribution in [-0.2, 0) is 13.0 Å². The van der Waals surface area contributed by atoms with Gasteiger partial charge in [-0.1, -0.05) is 13.8 Å². The third kappa shape index (κ3) is 3.47. The Kier molecular flexibility index (Phi) is 5.42. The fourth-order valence-electron chi connectivity index (χ4n) is 3.22. The molecule has 0 saturated heterocycles. The van der Waals surface area contributed by atoms with Crippen molar-refractivity contribution in [2.75, 3.05) is 0 Å². The lowest BCUT2D eigenvalue weighted by Gasteiger charge is -2.12. The molecule has 0 atom stereocenters. The number of nitrogens with one attached hydrogen (secondary N) is 1. The van der Waals surface area contributed by atoms with Crippen molar-refractivity contribution >= 4 is 34.6 Å². The van der Waals surface area contributed by atoms with E-state index < -0.39 is 17.2 Å². The number of fused-ring (bicyclic) bond motifs is 2. The van der Waals surface area contributed by atoms with E-state index in [1.807, 2.05) is 4.57 Å². The molecule has 0 fully saturated rings. The molecule has 1 aromatic carbocycles. The van der Waals surface area contributed by atoms with Gasteiger partial charge in [0.25, 0.3) is 0 Å². The molecule has 0 aliphatic rings. The number of halogens is 3. The molecule has 146 valence electrons. The lowest BCUT2D eigenvalue weighted by atomic mass is 10.1. The molecule has 4 rings (SSSR count). The van der Waals surface area contributed by atoms with Gasteiger partial charge in [-0.25, -0.2) is 23.7 Å². The van der Waals surface area contributed by atoms with E-state index in [9.17, 15) is 13.6 Å². The molecule has 0 radical (unpaired) electrons. The van der Waals surface area contributed by atoms with E-state index in [4.69, 9.17) is 0 Å². The van der Waals surface area contributed by atoms with Gasteiger partial charge in [-0.05, 0) is 23.6 Å². The van der Waals surface area contributed by atoms with Crippen molar-refractivity contribution in [2.45, 2.75) is 26.8 Å². The predicted molar refractivity (Wildman–Crippen MR) is 105 cm³/mol. The Labute approximate surface area is 165 Å². The SMILES string of the molecule is CC(C)Cc1nc2nccnc2n1Cc1cc(=O)[nH]c2c(F)c(F)ccc12.Cl. The molecule has 0 saturated carbocycles. The van der Waals surface area contributed by atoms with E-state index in [2.05, 4.69) is 33.8 Å². The summed E-state index contributed by atoms with van der Waals surface area (Å²) in [5, 5.41) is 0.440. The van der Waals surface area contributed by atoms with E-state index >= 15 is 0 Å². The summed E-state index contributed by atoms with van der Waals surface area (Å²) in [7, 11) is 0. The third-order valence-electron chi connectivity index (χ3n) is 4.38. The van der Waals surface area contributed by atoms with Crippen molar-refractivity contribution in [2.24, 2.45) is 5.92 Å². The van der Waals surface area contributed by atoms with E-state index in [0.29, 0.717) is 34.6 Å². The number of rotatable bonds is 4. The Morgan fingerprint density at radius 2 is 1.93 bits per heavy atom. The van der Waals surface area contributed by atoms with Crippen LogP contribution in [0.25, 0.3) is 22.2 Å². The number of nitrogens with zero attached hydrogens (tertiary/aromatic N) is 4. The molecule has 3 heterocycles. The summed E-state index contributed by atoms with van der Waals surface area (Å²) in [5.41, 5.74) is 1.02. The van der Waals surface area contributed by atoms with Crippen LogP contribution >= 0.6 is 12.4 Å². The maximum atomic E-state index is 14.2. The Hall–Kier alpha value is -2.87. The van der Waals surface area contributed by atoms with E-state index in [1.54, 1.807) is 12.4 Å². The van der Waals surface area contributed by atoms with E-state index in [1.165, 1.54) is 12.1 Å². The smallest absolute Gasteiger partial charge is 0.248 e. The van der Waals surface area contributed by atoms with Gasteiger partial charge in [-0.2, -0.15) is 0 Å². The van der Waals surface area contributed by atoms with Crippen molar-refractivity contribution < 1.29 is 8.78 Å². The standard InChI is InChI=1S/C19H17F2N5O.ClH/c1-10(2)7-14-24-18-19(23-6-5-22-18)26(14)9-11-8-15(27)25-17-12(11)3-4-13(20)16(17)21;/h3-6,8,10H,7,9H2,1-2H3,(H,25,27);1H. The van der Waals surface area contributed by atoms with Crippen LogP contribution < -0.4 is 5.56 Å². The number of pyridine rings is 1. The molecule has 0 unspecified atom stereocenters. The zero-order valence-corrected chi connectivity index (χ0v) is 16.1. The molecular weight excluding hydrogens is 388 g/mol. The molecule has 0 aliphatic carbocycles. The second-order valence-corrected chi connectivity index (χ2v) is 6.86.